The lowest BCUT2D eigenvalue weighted by Gasteiger charge is -2.33. The second-order valence-corrected chi connectivity index (χ2v) is 6.21. The molecular formula is C11H17O4P. The first kappa shape index (κ1) is 12.0. The summed E-state index contributed by atoms with van der Waals surface area (Å²) in [4.78, 5) is 11.6. The van der Waals surface area contributed by atoms with Crippen molar-refractivity contribution in [3.63, 3.8) is 0 Å². The monoisotopic (exact) mass is 244 g/mol. The van der Waals surface area contributed by atoms with Gasteiger partial charge in [0.15, 0.2) is 0 Å². The van der Waals surface area contributed by atoms with E-state index in [0.29, 0.717) is 0 Å². The number of allylic oxidation sites excluding steroid dienone is 1. The van der Waals surface area contributed by atoms with Gasteiger partial charge in [-0.05, 0) is 44.6 Å². The van der Waals surface area contributed by atoms with Crippen LogP contribution in [0.2, 0.25) is 0 Å². The van der Waals surface area contributed by atoms with Gasteiger partial charge in [-0.25, -0.2) is 0 Å². The molecule has 2 saturated carbocycles. The maximum absolute atomic E-state index is 12.3. The smallest absolute Gasteiger partial charge is 0.300 e. The Morgan fingerprint density at radius 1 is 1.12 bits per heavy atom. The van der Waals surface area contributed by atoms with Crippen LogP contribution in [-0.2, 0) is 18.4 Å². The Labute approximate surface area is 95.5 Å². The highest BCUT2D eigenvalue weighted by atomic mass is 31.2. The van der Waals surface area contributed by atoms with Crippen molar-refractivity contribution in [1.82, 2.24) is 0 Å². The zero-order valence-electron chi connectivity index (χ0n) is 9.26. The van der Waals surface area contributed by atoms with Gasteiger partial charge in [-0.2, -0.15) is 0 Å². The molecule has 90 valence electrons. The molecule has 0 bridgehead atoms. The summed E-state index contributed by atoms with van der Waals surface area (Å²) in [6.45, 7) is 3.35. The minimum absolute atomic E-state index is 0.0743. The highest BCUT2D eigenvalue weighted by molar-refractivity contribution is 7.72. The molecule has 2 aliphatic carbocycles. The lowest BCUT2D eigenvalue weighted by atomic mass is 9.97. The van der Waals surface area contributed by atoms with Crippen molar-refractivity contribution in [2.75, 3.05) is 0 Å². The van der Waals surface area contributed by atoms with Crippen molar-refractivity contribution in [1.29, 1.82) is 0 Å². The van der Waals surface area contributed by atoms with Gasteiger partial charge >= 0.3 is 7.60 Å². The summed E-state index contributed by atoms with van der Waals surface area (Å²) < 4.78 is 23.0. The first-order valence-corrected chi connectivity index (χ1v) is 7.32. The third kappa shape index (κ3) is 2.45. The summed E-state index contributed by atoms with van der Waals surface area (Å²) in [5.74, 6) is 0. The molecule has 0 aromatic rings. The summed E-state index contributed by atoms with van der Waals surface area (Å²) in [5, 5.41) is 0. The molecule has 5 heteroatoms. The molecular weight excluding hydrogens is 227 g/mol. The zero-order chi connectivity index (χ0) is 11.6. The van der Waals surface area contributed by atoms with Crippen LogP contribution in [0.4, 0.5) is 0 Å². The summed E-state index contributed by atoms with van der Waals surface area (Å²) in [7, 11) is -3.61. The molecule has 0 saturated heterocycles. The molecule has 16 heavy (non-hydrogen) atoms. The zero-order valence-corrected chi connectivity index (χ0v) is 10.2. The molecule has 2 rings (SSSR count). The Hall–Kier alpha value is -0.440. The number of rotatable bonds is 6. The van der Waals surface area contributed by atoms with Gasteiger partial charge < -0.3 is 0 Å². The van der Waals surface area contributed by atoms with E-state index in [0.717, 1.165) is 44.6 Å². The molecule has 0 radical (unpaired) electrons. The van der Waals surface area contributed by atoms with Gasteiger partial charge in [0, 0.05) is 0 Å². The van der Waals surface area contributed by atoms with Gasteiger partial charge in [0.05, 0.1) is 12.2 Å². The van der Waals surface area contributed by atoms with E-state index in [1.165, 1.54) is 0 Å². The van der Waals surface area contributed by atoms with Crippen LogP contribution < -0.4 is 0 Å². The Balaban J connectivity index is 2.00. The van der Waals surface area contributed by atoms with Crippen LogP contribution >= 0.6 is 7.60 Å². The van der Waals surface area contributed by atoms with Crippen LogP contribution in [0, 0.1) is 0 Å². The lowest BCUT2D eigenvalue weighted by Crippen LogP contribution is -2.26. The van der Waals surface area contributed by atoms with Gasteiger partial charge in [-0.1, -0.05) is 6.58 Å². The van der Waals surface area contributed by atoms with Gasteiger partial charge in [0.2, 0.25) is 0 Å². The van der Waals surface area contributed by atoms with E-state index in [2.05, 4.69) is 6.58 Å². The van der Waals surface area contributed by atoms with E-state index in [4.69, 9.17) is 9.05 Å². The molecule has 0 aromatic heterocycles. The number of hydrogen-bond acceptors (Lipinski definition) is 4. The quantitative estimate of drug-likeness (QED) is 0.532. The number of carbonyl (C=O) groups excluding carboxylic acids is 1. The Kier molecular flexibility index (Phi) is 3.63. The highest BCUT2D eigenvalue weighted by Crippen LogP contribution is 2.55. The average Bonchev–Trinajstić information content (AvgIpc) is 2.16. The van der Waals surface area contributed by atoms with Crippen LogP contribution in [0.1, 0.15) is 38.5 Å². The molecule has 0 heterocycles. The van der Waals surface area contributed by atoms with E-state index in [1.54, 1.807) is 0 Å². The van der Waals surface area contributed by atoms with Gasteiger partial charge in [0.1, 0.15) is 0 Å². The molecule has 0 atom stereocenters. The fourth-order valence-corrected chi connectivity index (χ4v) is 3.27. The second-order valence-electron chi connectivity index (χ2n) is 4.36. The normalized spacial score (nSPS) is 22.2. The topological polar surface area (TPSA) is 52.6 Å². The summed E-state index contributed by atoms with van der Waals surface area (Å²) in [6, 6.07) is 0. The van der Waals surface area contributed by atoms with E-state index in [1.807, 2.05) is 0 Å². The van der Waals surface area contributed by atoms with E-state index in [-0.39, 0.29) is 12.2 Å². The number of carbonyl (C=O) groups is 1. The molecule has 4 nitrogen and oxygen atoms in total. The highest BCUT2D eigenvalue weighted by Gasteiger charge is 2.40. The first-order chi connectivity index (χ1) is 7.64. The van der Waals surface area contributed by atoms with Crippen LogP contribution in [0.15, 0.2) is 12.7 Å². The van der Waals surface area contributed by atoms with Crippen molar-refractivity contribution >= 4 is 13.1 Å². The van der Waals surface area contributed by atoms with E-state index >= 15 is 0 Å². The largest absolute Gasteiger partial charge is 0.401 e. The van der Waals surface area contributed by atoms with Gasteiger partial charge in [-0.15, -0.1) is 0 Å². The molecule has 0 aliphatic heterocycles. The maximum atomic E-state index is 12.3. The van der Waals surface area contributed by atoms with Crippen molar-refractivity contribution in [2.24, 2.45) is 0 Å². The standard InChI is InChI=1S/C11H17O4P/c1-2-11(12)16(13,14-9-5-3-6-9)15-10-7-4-8-10/h2,9-10H,1,3-8H2. The van der Waals surface area contributed by atoms with Crippen molar-refractivity contribution in [3.05, 3.63) is 12.7 Å². The molecule has 2 aliphatic rings. The molecule has 0 amide bonds. The molecule has 0 spiro atoms. The van der Waals surface area contributed by atoms with Crippen LogP contribution in [0.25, 0.3) is 0 Å². The maximum Gasteiger partial charge on any atom is 0.401 e. The molecule has 0 aromatic carbocycles. The van der Waals surface area contributed by atoms with Crippen LogP contribution in [0.3, 0.4) is 0 Å². The SMILES string of the molecule is C=CC(=O)P(=O)(OC1CCC1)OC1CCC1. The predicted octanol–water partition coefficient (Wildman–Crippen LogP) is 3.03. The fraction of sp³-hybridized carbons (Fsp3) is 0.727. The summed E-state index contributed by atoms with van der Waals surface area (Å²) in [5.41, 5.74) is -0.605. The van der Waals surface area contributed by atoms with E-state index < -0.39 is 13.1 Å². The Morgan fingerprint density at radius 3 is 1.81 bits per heavy atom. The summed E-state index contributed by atoms with van der Waals surface area (Å²) >= 11 is 0. The first-order valence-electron chi connectivity index (χ1n) is 5.78. The molecule has 0 N–H and O–H groups in total. The third-order valence-electron chi connectivity index (χ3n) is 3.12. The average molecular weight is 244 g/mol. The Morgan fingerprint density at radius 2 is 1.56 bits per heavy atom. The van der Waals surface area contributed by atoms with E-state index in [9.17, 15) is 9.36 Å². The van der Waals surface area contributed by atoms with Gasteiger partial charge in [0.25, 0.3) is 5.52 Å². The second kappa shape index (κ2) is 4.82. The Bertz CT molecular complexity index is 311. The molecule has 2 fully saturated rings. The predicted molar refractivity (Wildman–Crippen MR) is 60.3 cm³/mol. The van der Waals surface area contributed by atoms with Crippen molar-refractivity contribution in [2.45, 2.75) is 50.7 Å². The minimum atomic E-state index is -3.61. The summed E-state index contributed by atoms with van der Waals surface area (Å²) in [6.07, 6.45) is 6.48. The lowest BCUT2D eigenvalue weighted by molar-refractivity contribution is -0.111. The third-order valence-corrected chi connectivity index (χ3v) is 5.00. The minimum Gasteiger partial charge on any atom is -0.300 e. The van der Waals surface area contributed by atoms with Gasteiger partial charge in [-0.3, -0.25) is 18.4 Å². The van der Waals surface area contributed by atoms with Crippen LogP contribution in [-0.4, -0.2) is 17.7 Å². The fourth-order valence-electron chi connectivity index (χ4n) is 1.59. The van der Waals surface area contributed by atoms with Crippen molar-refractivity contribution in [3.8, 4) is 0 Å². The molecule has 0 unspecified atom stereocenters. The van der Waals surface area contributed by atoms with Crippen molar-refractivity contribution < 1.29 is 18.4 Å². The number of hydrogen-bond donors (Lipinski definition) is 0. The van der Waals surface area contributed by atoms with Crippen LogP contribution in [0.5, 0.6) is 0 Å².